The van der Waals surface area contributed by atoms with Gasteiger partial charge in [0, 0.05) is 25.2 Å². The second-order valence-electron chi connectivity index (χ2n) is 4.28. The molecule has 5 heteroatoms. The highest BCUT2D eigenvalue weighted by atomic mass is 19.4. The minimum absolute atomic E-state index is 0.0622. The van der Waals surface area contributed by atoms with Crippen molar-refractivity contribution in [3.8, 4) is 0 Å². The van der Waals surface area contributed by atoms with E-state index in [-0.39, 0.29) is 25.0 Å². The molecule has 1 aliphatic heterocycles. The number of rotatable bonds is 1. The molecule has 2 N–H and O–H groups in total. The standard InChI is InChI=1S/C9H17F3N2/c1-6(2)14-4-7(9(10,11)12)3-8(13)5-14/h6-8H,3-5,13H2,1-2H3/t7-,8-/m0/s1. The van der Waals surface area contributed by atoms with Crippen LogP contribution in [0.3, 0.4) is 0 Å². The number of nitrogens with zero attached hydrogens (tertiary/aromatic N) is 1. The van der Waals surface area contributed by atoms with Gasteiger partial charge < -0.3 is 5.73 Å². The van der Waals surface area contributed by atoms with E-state index in [2.05, 4.69) is 0 Å². The minimum Gasteiger partial charge on any atom is -0.327 e. The van der Waals surface area contributed by atoms with Crippen molar-refractivity contribution >= 4 is 0 Å². The maximum Gasteiger partial charge on any atom is 0.393 e. The van der Waals surface area contributed by atoms with Crippen LogP contribution in [0.15, 0.2) is 0 Å². The molecule has 0 unspecified atom stereocenters. The van der Waals surface area contributed by atoms with Crippen molar-refractivity contribution in [2.75, 3.05) is 13.1 Å². The van der Waals surface area contributed by atoms with Crippen LogP contribution in [0.5, 0.6) is 0 Å². The molecule has 1 saturated heterocycles. The van der Waals surface area contributed by atoms with Gasteiger partial charge in [-0.2, -0.15) is 13.2 Å². The molecule has 0 radical (unpaired) electrons. The summed E-state index contributed by atoms with van der Waals surface area (Å²) in [5.41, 5.74) is 5.61. The van der Waals surface area contributed by atoms with Gasteiger partial charge in [-0.05, 0) is 20.3 Å². The molecule has 2 nitrogen and oxygen atoms in total. The second kappa shape index (κ2) is 4.06. The highest BCUT2D eigenvalue weighted by molar-refractivity contribution is 4.86. The van der Waals surface area contributed by atoms with Crippen molar-refractivity contribution in [2.45, 2.75) is 38.5 Å². The average Bonchev–Trinajstić information content (AvgIpc) is 2.01. The van der Waals surface area contributed by atoms with Gasteiger partial charge in [0.25, 0.3) is 0 Å². The fourth-order valence-corrected chi connectivity index (χ4v) is 1.83. The third-order valence-corrected chi connectivity index (χ3v) is 2.70. The van der Waals surface area contributed by atoms with Gasteiger partial charge in [-0.3, -0.25) is 4.90 Å². The summed E-state index contributed by atoms with van der Waals surface area (Å²) < 4.78 is 37.4. The predicted molar refractivity (Wildman–Crippen MR) is 48.8 cm³/mol. The van der Waals surface area contributed by atoms with Crippen LogP contribution in [0.25, 0.3) is 0 Å². The van der Waals surface area contributed by atoms with Gasteiger partial charge in [-0.25, -0.2) is 0 Å². The van der Waals surface area contributed by atoms with E-state index in [4.69, 9.17) is 5.73 Å². The van der Waals surface area contributed by atoms with Crippen LogP contribution < -0.4 is 5.73 Å². The lowest BCUT2D eigenvalue weighted by Gasteiger charge is -2.39. The van der Waals surface area contributed by atoms with Crippen LogP contribution in [0.1, 0.15) is 20.3 Å². The first-order chi connectivity index (χ1) is 6.30. The van der Waals surface area contributed by atoms with Crippen molar-refractivity contribution in [3.05, 3.63) is 0 Å². The smallest absolute Gasteiger partial charge is 0.327 e. The zero-order valence-corrected chi connectivity index (χ0v) is 8.51. The Morgan fingerprint density at radius 3 is 2.29 bits per heavy atom. The average molecular weight is 210 g/mol. The molecule has 0 aromatic heterocycles. The zero-order valence-electron chi connectivity index (χ0n) is 8.51. The molecule has 0 aliphatic carbocycles. The van der Waals surface area contributed by atoms with Crippen LogP contribution in [-0.4, -0.2) is 36.2 Å². The summed E-state index contributed by atoms with van der Waals surface area (Å²) in [6, 6.07) is -0.219. The van der Waals surface area contributed by atoms with Crippen molar-refractivity contribution in [1.82, 2.24) is 4.90 Å². The second-order valence-corrected chi connectivity index (χ2v) is 4.28. The van der Waals surface area contributed by atoms with Crippen molar-refractivity contribution in [2.24, 2.45) is 11.7 Å². The molecule has 0 bridgehead atoms. The number of hydrogen-bond donors (Lipinski definition) is 1. The molecule has 1 heterocycles. The number of likely N-dealkylation sites (tertiary alicyclic amines) is 1. The summed E-state index contributed by atoms with van der Waals surface area (Å²) in [7, 11) is 0. The number of halogens is 3. The van der Waals surface area contributed by atoms with E-state index in [0.29, 0.717) is 6.54 Å². The van der Waals surface area contributed by atoms with Crippen LogP contribution in [0.2, 0.25) is 0 Å². The van der Waals surface area contributed by atoms with E-state index in [1.54, 1.807) is 4.90 Å². The van der Waals surface area contributed by atoms with E-state index in [1.807, 2.05) is 13.8 Å². The molecule has 0 saturated carbocycles. The fourth-order valence-electron chi connectivity index (χ4n) is 1.83. The summed E-state index contributed by atoms with van der Waals surface area (Å²) >= 11 is 0. The van der Waals surface area contributed by atoms with Gasteiger partial charge in [0.15, 0.2) is 0 Å². The zero-order chi connectivity index (χ0) is 10.9. The summed E-state index contributed by atoms with van der Waals surface area (Å²) in [6.45, 7) is 4.45. The molecule has 0 amide bonds. The van der Waals surface area contributed by atoms with E-state index in [0.717, 1.165) is 0 Å². The van der Waals surface area contributed by atoms with E-state index < -0.39 is 12.1 Å². The first kappa shape index (κ1) is 11.8. The summed E-state index contributed by atoms with van der Waals surface area (Å²) in [5, 5.41) is 0. The van der Waals surface area contributed by atoms with E-state index >= 15 is 0 Å². The van der Waals surface area contributed by atoms with Gasteiger partial charge in [0.1, 0.15) is 0 Å². The molecule has 1 aliphatic rings. The Kier molecular flexibility index (Phi) is 3.42. The highest BCUT2D eigenvalue weighted by Gasteiger charge is 2.44. The minimum atomic E-state index is -4.11. The van der Waals surface area contributed by atoms with Gasteiger partial charge in [-0.1, -0.05) is 0 Å². The molecular formula is C9H17F3N2. The Morgan fingerprint density at radius 2 is 1.86 bits per heavy atom. The quantitative estimate of drug-likeness (QED) is 0.712. The number of hydrogen-bond acceptors (Lipinski definition) is 2. The maximum absolute atomic E-state index is 12.5. The summed E-state index contributed by atoms with van der Waals surface area (Å²) in [5.74, 6) is -1.26. The Labute approximate surface area is 82.2 Å². The molecule has 84 valence electrons. The molecule has 0 aromatic rings. The van der Waals surface area contributed by atoms with Crippen LogP contribution in [0.4, 0.5) is 13.2 Å². The molecule has 0 spiro atoms. The fraction of sp³-hybridized carbons (Fsp3) is 1.00. The Bertz CT molecular complexity index is 191. The topological polar surface area (TPSA) is 29.3 Å². The summed E-state index contributed by atoms with van der Waals surface area (Å²) in [6.07, 6.45) is -4.04. The third-order valence-electron chi connectivity index (χ3n) is 2.70. The van der Waals surface area contributed by atoms with Gasteiger partial charge >= 0.3 is 6.18 Å². The maximum atomic E-state index is 12.5. The third kappa shape index (κ3) is 2.85. The Balaban J connectivity index is 2.63. The molecule has 0 aromatic carbocycles. The molecule has 14 heavy (non-hydrogen) atoms. The van der Waals surface area contributed by atoms with Gasteiger partial charge in [0.2, 0.25) is 0 Å². The van der Waals surface area contributed by atoms with Crippen LogP contribution in [-0.2, 0) is 0 Å². The lowest BCUT2D eigenvalue weighted by atomic mass is 9.93. The SMILES string of the molecule is CC(C)N1C[C@@H](N)C[C@H](C(F)(F)F)C1. The monoisotopic (exact) mass is 210 g/mol. The predicted octanol–water partition coefficient (Wildman–Crippen LogP) is 1.61. The Morgan fingerprint density at radius 1 is 1.29 bits per heavy atom. The lowest BCUT2D eigenvalue weighted by Crippen LogP contribution is -2.52. The van der Waals surface area contributed by atoms with E-state index in [1.165, 1.54) is 0 Å². The molecule has 1 fully saturated rings. The lowest BCUT2D eigenvalue weighted by molar-refractivity contribution is -0.189. The van der Waals surface area contributed by atoms with Crippen molar-refractivity contribution in [1.29, 1.82) is 0 Å². The molecule has 2 atom stereocenters. The van der Waals surface area contributed by atoms with Gasteiger partial charge in [0.05, 0.1) is 5.92 Å². The van der Waals surface area contributed by atoms with Crippen LogP contribution in [0, 0.1) is 5.92 Å². The van der Waals surface area contributed by atoms with Crippen LogP contribution >= 0.6 is 0 Å². The number of nitrogens with two attached hydrogens (primary N) is 1. The Hall–Kier alpha value is -0.290. The van der Waals surface area contributed by atoms with E-state index in [9.17, 15) is 13.2 Å². The largest absolute Gasteiger partial charge is 0.393 e. The highest BCUT2D eigenvalue weighted by Crippen LogP contribution is 2.33. The summed E-state index contributed by atoms with van der Waals surface area (Å²) in [4.78, 5) is 1.80. The van der Waals surface area contributed by atoms with Crippen molar-refractivity contribution in [3.63, 3.8) is 0 Å². The normalized spacial score (nSPS) is 31.1. The van der Waals surface area contributed by atoms with Gasteiger partial charge in [-0.15, -0.1) is 0 Å². The first-order valence-corrected chi connectivity index (χ1v) is 4.87. The molecule has 1 rings (SSSR count). The molecular weight excluding hydrogens is 193 g/mol. The number of alkyl halides is 3. The number of piperidine rings is 1. The van der Waals surface area contributed by atoms with Crippen molar-refractivity contribution < 1.29 is 13.2 Å². The first-order valence-electron chi connectivity index (χ1n) is 4.87.